The van der Waals surface area contributed by atoms with Crippen LogP contribution in [0.15, 0.2) is 48.5 Å². The van der Waals surface area contributed by atoms with E-state index < -0.39 is 0 Å². The van der Waals surface area contributed by atoms with Gasteiger partial charge >= 0.3 is 0 Å². The van der Waals surface area contributed by atoms with Crippen molar-refractivity contribution < 1.29 is 14.6 Å². The highest BCUT2D eigenvalue weighted by molar-refractivity contribution is 8.00. The first-order valence-electron chi connectivity index (χ1n) is 6.19. The molecular weight excluding hydrogens is 274 g/mol. The molecule has 0 saturated carbocycles. The Morgan fingerprint density at radius 2 is 2.00 bits per heavy atom. The number of amides is 1. The summed E-state index contributed by atoms with van der Waals surface area (Å²) in [5.41, 5.74) is 0.907. The van der Waals surface area contributed by atoms with Gasteiger partial charge in [-0.2, -0.15) is 0 Å². The van der Waals surface area contributed by atoms with E-state index in [1.165, 1.54) is 11.8 Å². The average Bonchev–Trinajstić information content (AvgIpc) is 2.89. The Hall–Kier alpha value is -2.14. The highest BCUT2D eigenvalue weighted by Crippen LogP contribution is 2.37. The van der Waals surface area contributed by atoms with Gasteiger partial charge in [-0.3, -0.25) is 4.79 Å². The van der Waals surface area contributed by atoms with Gasteiger partial charge < -0.3 is 15.2 Å². The number of phenolic OH excluding ortho intramolecular Hbond substituents is 1. The van der Waals surface area contributed by atoms with E-state index in [1.807, 2.05) is 30.3 Å². The van der Waals surface area contributed by atoms with Crippen LogP contribution in [0.3, 0.4) is 0 Å². The molecule has 5 heteroatoms. The maximum absolute atomic E-state index is 11.3. The number of nitrogens with one attached hydrogen (secondary N) is 1. The van der Waals surface area contributed by atoms with Gasteiger partial charge in [0.1, 0.15) is 11.1 Å². The molecule has 2 aromatic rings. The van der Waals surface area contributed by atoms with Crippen molar-refractivity contribution in [3.63, 3.8) is 0 Å². The molecule has 4 nitrogen and oxygen atoms in total. The zero-order valence-electron chi connectivity index (χ0n) is 10.6. The first-order chi connectivity index (χ1) is 9.72. The fraction of sp³-hybridized carbons (Fsp3) is 0.133. The lowest BCUT2D eigenvalue weighted by molar-refractivity contribution is -0.118. The molecule has 0 spiro atoms. The Labute approximate surface area is 120 Å². The predicted molar refractivity (Wildman–Crippen MR) is 78.0 cm³/mol. The largest absolute Gasteiger partial charge is 0.504 e. The third-order valence-corrected chi connectivity index (χ3v) is 4.08. The number of hydrogen-bond acceptors (Lipinski definition) is 4. The van der Waals surface area contributed by atoms with E-state index in [1.54, 1.807) is 18.2 Å². The summed E-state index contributed by atoms with van der Waals surface area (Å²) in [6, 6.07) is 14.4. The number of phenols is 1. The molecule has 2 aromatic carbocycles. The highest BCUT2D eigenvalue weighted by Gasteiger charge is 2.23. The third kappa shape index (κ3) is 2.72. The van der Waals surface area contributed by atoms with Crippen LogP contribution in [0.1, 0.15) is 10.9 Å². The summed E-state index contributed by atoms with van der Waals surface area (Å²) in [6.07, 6.45) is 0. The minimum Gasteiger partial charge on any atom is -0.504 e. The number of carbonyl (C=O) groups excluding carboxylic acids is 1. The molecule has 0 radical (unpaired) electrons. The van der Waals surface area contributed by atoms with Gasteiger partial charge in [0.05, 0.1) is 5.75 Å². The van der Waals surface area contributed by atoms with Crippen LogP contribution in [0, 0.1) is 0 Å². The zero-order chi connectivity index (χ0) is 13.9. The van der Waals surface area contributed by atoms with Crippen molar-refractivity contribution in [3.05, 3.63) is 54.1 Å². The first-order valence-corrected chi connectivity index (χ1v) is 7.24. The second kappa shape index (κ2) is 5.46. The van der Waals surface area contributed by atoms with E-state index in [-0.39, 0.29) is 17.0 Å². The Kier molecular flexibility index (Phi) is 3.52. The summed E-state index contributed by atoms with van der Waals surface area (Å²) < 4.78 is 5.66. The Morgan fingerprint density at radius 3 is 2.70 bits per heavy atom. The van der Waals surface area contributed by atoms with Gasteiger partial charge in [0.2, 0.25) is 5.91 Å². The molecule has 20 heavy (non-hydrogen) atoms. The Bertz CT molecular complexity index is 630. The van der Waals surface area contributed by atoms with E-state index in [0.717, 1.165) is 5.56 Å². The van der Waals surface area contributed by atoms with Crippen molar-refractivity contribution in [3.8, 4) is 17.2 Å². The van der Waals surface area contributed by atoms with Crippen molar-refractivity contribution in [2.24, 2.45) is 0 Å². The molecule has 3 rings (SSSR count). The van der Waals surface area contributed by atoms with E-state index in [0.29, 0.717) is 17.3 Å². The fourth-order valence-corrected chi connectivity index (χ4v) is 2.91. The van der Waals surface area contributed by atoms with E-state index in [9.17, 15) is 9.90 Å². The second-order valence-corrected chi connectivity index (χ2v) is 5.49. The van der Waals surface area contributed by atoms with Crippen molar-refractivity contribution >= 4 is 17.7 Å². The SMILES string of the molecule is O=C1CSC(c2ccc(O)c(Oc3ccccc3)c2)N1. The lowest BCUT2D eigenvalue weighted by Crippen LogP contribution is -2.18. The molecule has 1 aliphatic rings. The smallest absolute Gasteiger partial charge is 0.231 e. The highest BCUT2D eigenvalue weighted by atomic mass is 32.2. The number of aromatic hydroxyl groups is 1. The molecule has 1 amide bonds. The molecule has 0 aliphatic carbocycles. The van der Waals surface area contributed by atoms with Gasteiger partial charge in [0.15, 0.2) is 11.5 Å². The van der Waals surface area contributed by atoms with Gasteiger partial charge in [-0.05, 0) is 29.8 Å². The summed E-state index contributed by atoms with van der Waals surface area (Å²) in [5.74, 6) is 1.60. The van der Waals surface area contributed by atoms with Crippen LogP contribution in [0.5, 0.6) is 17.2 Å². The monoisotopic (exact) mass is 287 g/mol. The Balaban J connectivity index is 1.85. The van der Waals surface area contributed by atoms with Crippen LogP contribution in [0.2, 0.25) is 0 Å². The van der Waals surface area contributed by atoms with Crippen molar-refractivity contribution in [1.29, 1.82) is 0 Å². The summed E-state index contributed by atoms with van der Waals surface area (Å²) in [6.45, 7) is 0. The van der Waals surface area contributed by atoms with Gasteiger partial charge in [-0.15, -0.1) is 11.8 Å². The second-order valence-electron chi connectivity index (χ2n) is 4.40. The van der Waals surface area contributed by atoms with Crippen molar-refractivity contribution in [2.45, 2.75) is 5.37 Å². The molecule has 1 aliphatic heterocycles. The molecule has 0 bridgehead atoms. The molecule has 1 fully saturated rings. The van der Waals surface area contributed by atoms with Gasteiger partial charge in [-0.1, -0.05) is 24.3 Å². The van der Waals surface area contributed by atoms with Crippen LogP contribution < -0.4 is 10.1 Å². The third-order valence-electron chi connectivity index (χ3n) is 2.93. The van der Waals surface area contributed by atoms with Crippen molar-refractivity contribution in [2.75, 3.05) is 5.75 Å². The predicted octanol–water partition coefficient (Wildman–Crippen LogP) is 3.05. The molecule has 102 valence electrons. The average molecular weight is 287 g/mol. The summed E-state index contributed by atoms with van der Waals surface area (Å²) in [7, 11) is 0. The van der Waals surface area contributed by atoms with Crippen LogP contribution in [-0.4, -0.2) is 16.8 Å². The number of thioether (sulfide) groups is 1. The topological polar surface area (TPSA) is 58.6 Å². The van der Waals surface area contributed by atoms with Crippen LogP contribution >= 0.6 is 11.8 Å². The van der Waals surface area contributed by atoms with Crippen LogP contribution in [0.25, 0.3) is 0 Å². The lowest BCUT2D eigenvalue weighted by Gasteiger charge is -2.13. The zero-order valence-corrected chi connectivity index (χ0v) is 11.4. The van der Waals surface area contributed by atoms with Gasteiger partial charge in [0.25, 0.3) is 0 Å². The standard InChI is InChI=1S/C15H13NO3S/c17-12-7-6-10(15-16-14(18)9-20-15)8-13(12)19-11-4-2-1-3-5-11/h1-8,15,17H,9H2,(H,16,18). The van der Waals surface area contributed by atoms with Gasteiger partial charge in [-0.25, -0.2) is 0 Å². The van der Waals surface area contributed by atoms with E-state index in [2.05, 4.69) is 5.32 Å². The van der Waals surface area contributed by atoms with Crippen molar-refractivity contribution in [1.82, 2.24) is 5.32 Å². The molecule has 2 N–H and O–H groups in total. The number of hydrogen-bond donors (Lipinski definition) is 2. The maximum atomic E-state index is 11.3. The summed E-state index contributed by atoms with van der Waals surface area (Å²) in [5, 5.41) is 12.7. The number of ether oxygens (including phenoxy) is 1. The number of para-hydroxylation sites is 1. The first kappa shape index (κ1) is 12.9. The minimum atomic E-state index is -0.0822. The summed E-state index contributed by atoms with van der Waals surface area (Å²) >= 11 is 1.53. The normalized spacial score (nSPS) is 17.8. The summed E-state index contributed by atoms with van der Waals surface area (Å²) in [4.78, 5) is 11.3. The molecule has 1 heterocycles. The number of rotatable bonds is 3. The van der Waals surface area contributed by atoms with E-state index >= 15 is 0 Å². The number of carbonyl (C=O) groups is 1. The molecular formula is C15H13NO3S. The molecule has 1 atom stereocenters. The molecule has 1 unspecified atom stereocenters. The fourth-order valence-electron chi connectivity index (χ4n) is 1.96. The maximum Gasteiger partial charge on any atom is 0.231 e. The lowest BCUT2D eigenvalue weighted by atomic mass is 10.2. The van der Waals surface area contributed by atoms with Gasteiger partial charge in [0, 0.05) is 0 Å². The van der Waals surface area contributed by atoms with Crippen LogP contribution in [0.4, 0.5) is 0 Å². The van der Waals surface area contributed by atoms with Crippen LogP contribution in [-0.2, 0) is 4.79 Å². The van der Waals surface area contributed by atoms with E-state index in [4.69, 9.17) is 4.74 Å². The molecule has 0 aromatic heterocycles. The minimum absolute atomic E-state index is 0.0265. The Morgan fingerprint density at radius 1 is 1.20 bits per heavy atom. The quantitative estimate of drug-likeness (QED) is 0.911. The molecule has 1 saturated heterocycles. The number of benzene rings is 2.